The number of rotatable bonds is 5. The van der Waals surface area contributed by atoms with Gasteiger partial charge in [-0.3, -0.25) is 0 Å². The van der Waals surface area contributed by atoms with E-state index in [0.717, 1.165) is 35.4 Å². The van der Waals surface area contributed by atoms with Gasteiger partial charge in [-0.05, 0) is 33.4 Å². The Balaban J connectivity index is 2.40. The first kappa shape index (κ1) is 18.5. The van der Waals surface area contributed by atoms with Crippen LogP contribution >= 0.6 is 0 Å². The maximum atomic E-state index is 14.5. The molecule has 130 valence electrons. The maximum Gasteiger partial charge on any atom is 0.339 e. The summed E-state index contributed by atoms with van der Waals surface area (Å²) in [6.07, 6.45) is 0. The molecule has 24 heavy (non-hydrogen) atoms. The molecule has 0 bridgehead atoms. The van der Waals surface area contributed by atoms with Crippen LogP contribution in [0.2, 0.25) is 0 Å². The van der Waals surface area contributed by atoms with Crippen molar-refractivity contribution in [1.82, 2.24) is 5.32 Å². The van der Waals surface area contributed by atoms with Crippen LogP contribution in [0.1, 0.15) is 36.1 Å². The van der Waals surface area contributed by atoms with Crippen LogP contribution in [0.15, 0.2) is 48.5 Å². The maximum absolute atomic E-state index is 14.5. The zero-order chi connectivity index (χ0) is 18.2. The molecule has 1 nitrogen and oxygen atoms in total. The van der Waals surface area contributed by atoms with Crippen LogP contribution in [0, 0.1) is 6.92 Å². The Morgan fingerprint density at radius 1 is 0.667 bits per heavy atom. The van der Waals surface area contributed by atoms with E-state index < -0.39 is 28.5 Å². The number of benzene rings is 2. The fourth-order valence-electron chi connectivity index (χ4n) is 2.37. The normalized spacial score (nSPS) is 13.2. The molecule has 0 saturated carbocycles. The molecule has 5 heteroatoms. The molecule has 2 rings (SSSR count). The minimum atomic E-state index is -4.30. The van der Waals surface area contributed by atoms with Crippen LogP contribution in [0.25, 0.3) is 0 Å². The number of aryl methyl sites for hydroxylation is 1. The van der Waals surface area contributed by atoms with E-state index in [1.54, 1.807) is 14.0 Å². The predicted octanol–water partition coefficient (Wildman–Crippen LogP) is 5.33. The zero-order valence-corrected chi connectivity index (χ0v) is 14.1. The molecule has 0 spiro atoms. The van der Waals surface area contributed by atoms with Gasteiger partial charge in [-0.25, -0.2) is 0 Å². The Morgan fingerprint density at radius 3 is 1.38 bits per heavy atom. The van der Waals surface area contributed by atoms with Crippen LogP contribution < -0.4 is 5.32 Å². The highest BCUT2D eigenvalue weighted by Gasteiger charge is 2.58. The molecular formula is C19H21F4N. The lowest BCUT2D eigenvalue weighted by molar-refractivity contribution is -0.223. The number of nitrogens with one attached hydrogen (secondary N) is 1. The zero-order valence-electron chi connectivity index (χ0n) is 14.1. The Morgan fingerprint density at radius 2 is 1.00 bits per heavy atom. The Labute approximate surface area is 139 Å². The molecule has 0 atom stereocenters. The molecule has 0 aliphatic heterocycles. The van der Waals surface area contributed by atoms with Gasteiger partial charge in [0.05, 0.1) is 0 Å². The number of hydrogen-bond acceptors (Lipinski definition) is 1. The van der Waals surface area contributed by atoms with Crippen molar-refractivity contribution in [1.29, 1.82) is 0 Å². The molecule has 0 amide bonds. The molecule has 0 unspecified atom stereocenters. The summed E-state index contributed by atoms with van der Waals surface area (Å²) >= 11 is 0. The molecule has 2 aromatic carbocycles. The second-order valence-electron chi connectivity index (χ2n) is 6.47. The van der Waals surface area contributed by atoms with Gasteiger partial charge in [-0.2, -0.15) is 17.6 Å². The predicted molar refractivity (Wildman–Crippen MR) is 87.5 cm³/mol. The van der Waals surface area contributed by atoms with Gasteiger partial charge in [0, 0.05) is 16.7 Å². The third-order valence-corrected chi connectivity index (χ3v) is 4.40. The molecule has 2 aromatic rings. The summed E-state index contributed by atoms with van der Waals surface area (Å²) in [7, 11) is 1.74. The molecule has 1 N–H and O–H groups in total. The highest BCUT2D eigenvalue weighted by molar-refractivity contribution is 5.34. The Bertz CT molecular complexity index is 688. The minimum absolute atomic E-state index is 0.437. The Hall–Kier alpha value is -1.88. The van der Waals surface area contributed by atoms with Gasteiger partial charge in [-0.15, -0.1) is 0 Å². The van der Waals surface area contributed by atoms with E-state index in [0.29, 0.717) is 0 Å². The summed E-state index contributed by atoms with van der Waals surface area (Å²) in [5.41, 5.74) is -0.367. The first-order chi connectivity index (χ1) is 11.0. The molecule has 0 aromatic heterocycles. The number of halogens is 4. The highest BCUT2D eigenvalue weighted by atomic mass is 19.3. The summed E-state index contributed by atoms with van der Waals surface area (Å²) in [6.45, 7) is 5.46. The van der Waals surface area contributed by atoms with Crippen molar-refractivity contribution in [2.45, 2.75) is 38.2 Å². The molecule has 0 saturated heterocycles. The summed E-state index contributed by atoms with van der Waals surface area (Å²) < 4.78 is 57.7. The average Bonchev–Trinajstić information content (AvgIpc) is 2.55. The summed E-state index contributed by atoms with van der Waals surface area (Å²) in [6, 6.07) is 9.92. The van der Waals surface area contributed by atoms with E-state index in [1.807, 2.05) is 13.8 Å². The van der Waals surface area contributed by atoms with Gasteiger partial charge in [0.25, 0.3) is 0 Å². The monoisotopic (exact) mass is 339 g/mol. The van der Waals surface area contributed by atoms with Crippen LogP contribution in [0.4, 0.5) is 17.6 Å². The lowest BCUT2D eigenvalue weighted by Crippen LogP contribution is -2.36. The van der Waals surface area contributed by atoms with Gasteiger partial charge in [0.2, 0.25) is 0 Å². The largest absolute Gasteiger partial charge is 0.339 e. The molecule has 0 aliphatic rings. The molecule has 0 aliphatic carbocycles. The van der Waals surface area contributed by atoms with Gasteiger partial charge < -0.3 is 5.32 Å². The highest BCUT2D eigenvalue weighted by Crippen LogP contribution is 2.49. The molecule has 0 fully saturated rings. The van der Waals surface area contributed by atoms with Crippen molar-refractivity contribution >= 4 is 0 Å². The summed E-state index contributed by atoms with van der Waals surface area (Å²) in [5.74, 6) is -8.59. The second-order valence-corrected chi connectivity index (χ2v) is 6.47. The van der Waals surface area contributed by atoms with E-state index >= 15 is 0 Å². The average molecular weight is 339 g/mol. The van der Waals surface area contributed by atoms with Crippen molar-refractivity contribution in [2.75, 3.05) is 7.05 Å². The van der Waals surface area contributed by atoms with Crippen LogP contribution in [0.5, 0.6) is 0 Å². The number of hydrogen-bond donors (Lipinski definition) is 1. The van der Waals surface area contributed by atoms with Crippen molar-refractivity contribution in [2.24, 2.45) is 0 Å². The first-order valence-corrected chi connectivity index (χ1v) is 7.65. The van der Waals surface area contributed by atoms with Crippen molar-refractivity contribution in [3.63, 3.8) is 0 Å². The van der Waals surface area contributed by atoms with Gasteiger partial charge in [-0.1, -0.05) is 54.1 Å². The third-order valence-electron chi connectivity index (χ3n) is 4.40. The van der Waals surface area contributed by atoms with Gasteiger partial charge in [0.1, 0.15) is 0 Å². The standard InChI is InChI=1S/C19H21F4N/c1-13-5-7-15(8-6-13)18(20,21)19(22,23)16-11-9-14(10-12-16)17(2,3)24-4/h5-12,24H,1-4H3. The molecule has 0 radical (unpaired) electrons. The summed E-state index contributed by atoms with van der Waals surface area (Å²) in [4.78, 5) is 0. The third kappa shape index (κ3) is 3.18. The van der Waals surface area contributed by atoms with Crippen LogP contribution in [0.3, 0.4) is 0 Å². The van der Waals surface area contributed by atoms with Gasteiger partial charge >= 0.3 is 11.8 Å². The molecular weight excluding hydrogens is 318 g/mol. The van der Waals surface area contributed by atoms with Crippen LogP contribution in [-0.4, -0.2) is 7.05 Å². The number of alkyl halides is 4. The van der Waals surface area contributed by atoms with Crippen molar-refractivity contribution in [3.8, 4) is 0 Å². The topological polar surface area (TPSA) is 12.0 Å². The van der Waals surface area contributed by atoms with E-state index in [4.69, 9.17) is 0 Å². The lowest BCUT2D eigenvalue weighted by Gasteiger charge is -2.29. The van der Waals surface area contributed by atoms with Crippen molar-refractivity contribution in [3.05, 3.63) is 70.8 Å². The van der Waals surface area contributed by atoms with E-state index in [9.17, 15) is 17.6 Å². The van der Waals surface area contributed by atoms with Gasteiger partial charge in [0.15, 0.2) is 0 Å². The second kappa shape index (κ2) is 6.20. The fraction of sp³-hybridized carbons (Fsp3) is 0.368. The SMILES string of the molecule is CNC(C)(C)c1ccc(C(F)(F)C(F)(F)c2ccc(C)cc2)cc1. The van der Waals surface area contributed by atoms with E-state index in [-0.39, 0.29) is 0 Å². The van der Waals surface area contributed by atoms with Crippen molar-refractivity contribution < 1.29 is 17.6 Å². The minimum Gasteiger partial charge on any atom is -0.311 e. The van der Waals surface area contributed by atoms with E-state index in [1.165, 1.54) is 24.3 Å². The fourth-order valence-corrected chi connectivity index (χ4v) is 2.37. The first-order valence-electron chi connectivity index (χ1n) is 7.65. The van der Waals surface area contributed by atoms with E-state index in [2.05, 4.69) is 5.32 Å². The molecule has 0 heterocycles. The van der Waals surface area contributed by atoms with Crippen LogP contribution in [-0.2, 0) is 17.4 Å². The Kier molecular flexibility index (Phi) is 4.77. The smallest absolute Gasteiger partial charge is 0.311 e. The quantitative estimate of drug-likeness (QED) is 0.726. The summed E-state index contributed by atoms with van der Waals surface area (Å²) in [5, 5.41) is 3.04. The lowest BCUT2D eigenvalue weighted by atomic mass is 9.90.